The number of ether oxygens (including phenoxy) is 1. The maximum absolute atomic E-state index is 9.71. The summed E-state index contributed by atoms with van der Waals surface area (Å²) in [5, 5.41) is 23.1. The normalized spacial score (nSPS) is 8.07. The summed E-state index contributed by atoms with van der Waals surface area (Å²) < 4.78 is 4.58. The van der Waals surface area contributed by atoms with Gasteiger partial charge in [0.05, 0.1) is 18.9 Å². The van der Waals surface area contributed by atoms with E-state index in [1.54, 1.807) is 20.8 Å². The summed E-state index contributed by atoms with van der Waals surface area (Å²) in [6.45, 7) is 6.15. The molecule has 0 aliphatic rings. The van der Waals surface area contributed by atoms with E-state index >= 15 is 0 Å². The first-order valence-corrected chi connectivity index (χ1v) is 4.33. The standard InChI is InChI=1S/C5H8O3.2C2H6O/c1-2-8-4-3-5(6)7;2*1-2-3/h3-4H,2H2,1H3,(H,6,7);2*3H,2H2,1H3. The number of aliphatic hydroxyl groups is 2. The molecule has 0 saturated carbocycles. The molecule has 0 atom stereocenters. The van der Waals surface area contributed by atoms with Crippen LogP contribution < -0.4 is 0 Å². The molecule has 5 heteroatoms. The lowest BCUT2D eigenvalue weighted by atomic mass is 10.6. The van der Waals surface area contributed by atoms with Gasteiger partial charge in [0.15, 0.2) is 0 Å². The molecule has 0 unspecified atom stereocenters. The molecule has 14 heavy (non-hydrogen) atoms. The third-order valence-electron chi connectivity index (χ3n) is 0.474. The molecule has 5 nitrogen and oxygen atoms in total. The molecule has 0 saturated heterocycles. The smallest absolute Gasteiger partial charge is 0.331 e. The van der Waals surface area contributed by atoms with Crippen molar-refractivity contribution in [2.45, 2.75) is 20.8 Å². The fourth-order valence-corrected chi connectivity index (χ4v) is 0.203. The fraction of sp³-hybridized carbons (Fsp3) is 0.667. The van der Waals surface area contributed by atoms with Crippen LogP contribution in [0.25, 0.3) is 0 Å². The van der Waals surface area contributed by atoms with Crippen LogP contribution in [0.4, 0.5) is 0 Å². The molecule has 0 radical (unpaired) electrons. The average Bonchev–Trinajstić information content (AvgIpc) is 2.07. The van der Waals surface area contributed by atoms with E-state index < -0.39 is 5.97 Å². The van der Waals surface area contributed by atoms with E-state index in [0.717, 1.165) is 12.3 Å². The molecule has 0 aromatic carbocycles. The van der Waals surface area contributed by atoms with Gasteiger partial charge in [-0.05, 0) is 20.8 Å². The maximum atomic E-state index is 9.71. The Morgan fingerprint density at radius 2 is 1.57 bits per heavy atom. The predicted molar refractivity (Wildman–Crippen MR) is 53.9 cm³/mol. The second-order valence-corrected chi connectivity index (χ2v) is 1.73. The van der Waals surface area contributed by atoms with Crippen LogP contribution in [0.5, 0.6) is 0 Å². The second kappa shape index (κ2) is 22.7. The highest BCUT2D eigenvalue weighted by atomic mass is 16.5. The Labute approximate surface area is 84.6 Å². The van der Waals surface area contributed by atoms with Crippen molar-refractivity contribution in [3.63, 3.8) is 0 Å². The molecule has 0 aliphatic heterocycles. The number of aliphatic carboxylic acids is 1. The van der Waals surface area contributed by atoms with Crippen LogP contribution in [0.2, 0.25) is 0 Å². The van der Waals surface area contributed by atoms with Crippen molar-refractivity contribution in [2.75, 3.05) is 19.8 Å². The number of carboxylic acids is 1. The summed E-state index contributed by atoms with van der Waals surface area (Å²) in [5.41, 5.74) is 0. The van der Waals surface area contributed by atoms with Crippen LogP contribution in [0.15, 0.2) is 12.3 Å². The van der Waals surface area contributed by atoms with Gasteiger partial charge in [-0.2, -0.15) is 0 Å². The Hall–Kier alpha value is -1.07. The highest BCUT2D eigenvalue weighted by molar-refractivity contribution is 5.79. The van der Waals surface area contributed by atoms with Crippen LogP contribution in [-0.2, 0) is 9.53 Å². The molecular formula is C9H20O5. The zero-order valence-electron chi connectivity index (χ0n) is 8.93. The lowest BCUT2D eigenvalue weighted by molar-refractivity contribution is -0.131. The summed E-state index contributed by atoms with van der Waals surface area (Å²) >= 11 is 0. The van der Waals surface area contributed by atoms with Crippen molar-refractivity contribution >= 4 is 5.97 Å². The molecule has 0 rings (SSSR count). The Balaban J connectivity index is -0.000000168. The van der Waals surface area contributed by atoms with E-state index in [2.05, 4.69) is 4.74 Å². The van der Waals surface area contributed by atoms with Crippen molar-refractivity contribution in [3.8, 4) is 0 Å². The first-order valence-electron chi connectivity index (χ1n) is 4.33. The van der Waals surface area contributed by atoms with Crippen LogP contribution in [0.3, 0.4) is 0 Å². The zero-order chi connectivity index (χ0) is 11.8. The zero-order valence-corrected chi connectivity index (χ0v) is 8.93. The van der Waals surface area contributed by atoms with E-state index in [-0.39, 0.29) is 13.2 Å². The van der Waals surface area contributed by atoms with E-state index in [1.807, 2.05) is 0 Å². The van der Waals surface area contributed by atoms with E-state index in [0.29, 0.717) is 6.61 Å². The quantitative estimate of drug-likeness (QED) is 0.467. The number of aliphatic hydroxyl groups excluding tert-OH is 2. The van der Waals surface area contributed by atoms with Gasteiger partial charge in [-0.15, -0.1) is 0 Å². The molecule has 0 spiro atoms. The maximum Gasteiger partial charge on any atom is 0.331 e. The predicted octanol–water partition coefficient (Wildman–Crippen LogP) is 0.618. The third-order valence-corrected chi connectivity index (χ3v) is 0.474. The second-order valence-electron chi connectivity index (χ2n) is 1.73. The minimum absolute atomic E-state index is 0.250. The number of hydrogen-bond donors (Lipinski definition) is 3. The van der Waals surface area contributed by atoms with Crippen molar-refractivity contribution in [3.05, 3.63) is 12.3 Å². The van der Waals surface area contributed by atoms with Crippen molar-refractivity contribution in [1.82, 2.24) is 0 Å². The van der Waals surface area contributed by atoms with Crippen molar-refractivity contribution in [1.29, 1.82) is 0 Å². The number of carboxylic acid groups (broad SMARTS) is 1. The first kappa shape index (κ1) is 18.7. The molecule has 0 heterocycles. The average molecular weight is 208 g/mol. The number of rotatable bonds is 3. The Morgan fingerprint density at radius 3 is 1.79 bits per heavy atom. The van der Waals surface area contributed by atoms with Crippen LogP contribution in [0, 0.1) is 0 Å². The molecule has 0 bridgehead atoms. The van der Waals surface area contributed by atoms with Crippen LogP contribution in [-0.4, -0.2) is 41.1 Å². The van der Waals surface area contributed by atoms with Gasteiger partial charge in [-0.25, -0.2) is 4.79 Å². The Kier molecular flexibility index (Phi) is 30.2. The molecule has 0 fully saturated rings. The lowest BCUT2D eigenvalue weighted by Gasteiger charge is -1.87. The Bertz CT molecular complexity index is 120. The largest absolute Gasteiger partial charge is 0.501 e. The van der Waals surface area contributed by atoms with Gasteiger partial charge in [0.25, 0.3) is 0 Å². The molecule has 3 N–H and O–H groups in total. The van der Waals surface area contributed by atoms with Gasteiger partial charge in [0.2, 0.25) is 0 Å². The van der Waals surface area contributed by atoms with E-state index in [4.69, 9.17) is 15.3 Å². The topological polar surface area (TPSA) is 87.0 Å². The van der Waals surface area contributed by atoms with Gasteiger partial charge in [-0.1, -0.05) is 0 Å². The van der Waals surface area contributed by atoms with Gasteiger partial charge in [0.1, 0.15) is 0 Å². The van der Waals surface area contributed by atoms with Crippen molar-refractivity contribution < 1.29 is 24.9 Å². The minimum Gasteiger partial charge on any atom is -0.501 e. The van der Waals surface area contributed by atoms with E-state index in [9.17, 15) is 4.79 Å². The highest BCUT2D eigenvalue weighted by Gasteiger charge is 1.81. The molecule has 0 aromatic heterocycles. The van der Waals surface area contributed by atoms with E-state index in [1.165, 1.54) is 0 Å². The summed E-state index contributed by atoms with van der Waals surface area (Å²) in [5.74, 6) is -0.988. The first-order chi connectivity index (χ1) is 6.60. The highest BCUT2D eigenvalue weighted by Crippen LogP contribution is 1.74. The van der Waals surface area contributed by atoms with Gasteiger partial charge in [0, 0.05) is 13.2 Å². The number of hydrogen-bond acceptors (Lipinski definition) is 4. The Morgan fingerprint density at radius 1 is 1.21 bits per heavy atom. The summed E-state index contributed by atoms with van der Waals surface area (Å²) in [4.78, 5) is 9.71. The van der Waals surface area contributed by atoms with Gasteiger partial charge < -0.3 is 20.1 Å². The SMILES string of the molecule is CCO.CCO.CCOC=CC(=O)O. The monoisotopic (exact) mass is 208 g/mol. The summed E-state index contributed by atoms with van der Waals surface area (Å²) in [7, 11) is 0. The minimum atomic E-state index is -0.988. The van der Waals surface area contributed by atoms with Crippen LogP contribution >= 0.6 is 0 Å². The molecule has 0 aliphatic carbocycles. The van der Waals surface area contributed by atoms with Gasteiger partial charge >= 0.3 is 5.97 Å². The van der Waals surface area contributed by atoms with Gasteiger partial charge in [-0.3, -0.25) is 0 Å². The molecule has 0 aromatic rings. The fourth-order valence-electron chi connectivity index (χ4n) is 0.203. The van der Waals surface area contributed by atoms with Crippen LogP contribution in [0.1, 0.15) is 20.8 Å². The number of carbonyl (C=O) groups is 1. The molecular weight excluding hydrogens is 188 g/mol. The summed E-state index contributed by atoms with van der Waals surface area (Å²) in [6.07, 6.45) is 2.10. The lowest BCUT2D eigenvalue weighted by Crippen LogP contribution is -1.87. The van der Waals surface area contributed by atoms with Crippen molar-refractivity contribution in [2.24, 2.45) is 0 Å². The molecule has 0 amide bonds. The summed E-state index contributed by atoms with van der Waals surface area (Å²) in [6, 6.07) is 0. The third kappa shape index (κ3) is 69.8. The molecule has 86 valence electrons.